The SMILES string of the molecule is COc1cc(CNC(=O)COC(=O)c2ccc(F)c(F)c2)cc(OC)c1OC. The molecular weight excluding hydrogens is 376 g/mol. The van der Waals surface area contributed by atoms with Gasteiger partial charge in [0.05, 0.1) is 26.9 Å². The summed E-state index contributed by atoms with van der Waals surface area (Å²) in [6, 6.07) is 5.89. The first kappa shape index (κ1) is 20.9. The summed E-state index contributed by atoms with van der Waals surface area (Å²) >= 11 is 0. The molecule has 0 radical (unpaired) electrons. The minimum Gasteiger partial charge on any atom is -0.493 e. The van der Waals surface area contributed by atoms with E-state index in [1.165, 1.54) is 21.3 Å². The summed E-state index contributed by atoms with van der Waals surface area (Å²) in [6.07, 6.45) is 0. The van der Waals surface area contributed by atoms with Gasteiger partial charge in [-0.15, -0.1) is 0 Å². The predicted molar refractivity (Wildman–Crippen MR) is 94.6 cm³/mol. The second-order valence-corrected chi connectivity index (χ2v) is 5.52. The van der Waals surface area contributed by atoms with Crippen molar-refractivity contribution in [3.05, 3.63) is 53.1 Å². The normalized spacial score (nSPS) is 10.2. The van der Waals surface area contributed by atoms with Crippen molar-refractivity contribution >= 4 is 11.9 Å². The monoisotopic (exact) mass is 395 g/mol. The van der Waals surface area contributed by atoms with Gasteiger partial charge in [-0.05, 0) is 35.9 Å². The summed E-state index contributed by atoms with van der Waals surface area (Å²) in [7, 11) is 4.41. The van der Waals surface area contributed by atoms with Gasteiger partial charge in [0.2, 0.25) is 5.75 Å². The third kappa shape index (κ3) is 5.09. The Hall–Kier alpha value is -3.36. The molecule has 0 saturated carbocycles. The highest BCUT2D eigenvalue weighted by atomic mass is 19.2. The van der Waals surface area contributed by atoms with Crippen molar-refractivity contribution in [2.75, 3.05) is 27.9 Å². The highest BCUT2D eigenvalue weighted by Crippen LogP contribution is 2.38. The third-order valence-electron chi connectivity index (χ3n) is 3.70. The number of carbonyl (C=O) groups is 2. The molecule has 7 nitrogen and oxygen atoms in total. The van der Waals surface area contributed by atoms with Crippen LogP contribution in [0.3, 0.4) is 0 Å². The number of methoxy groups -OCH3 is 3. The maximum absolute atomic E-state index is 13.1. The molecule has 0 spiro atoms. The number of amides is 1. The van der Waals surface area contributed by atoms with Crippen molar-refractivity contribution in [3.8, 4) is 17.2 Å². The zero-order valence-corrected chi connectivity index (χ0v) is 15.5. The second-order valence-electron chi connectivity index (χ2n) is 5.52. The molecule has 150 valence electrons. The molecule has 2 rings (SSSR count). The van der Waals surface area contributed by atoms with Crippen LogP contribution in [0.4, 0.5) is 8.78 Å². The zero-order valence-electron chi connectivity index (χ0n) is 15.5. The van der Waals surface area contributed by atoms with Gasteiger partial charge in [-0.25, -0.2) is 13.6 Å². The fourth-order valence-electron chi connectivity index (χ4n) is 2.33. The molecule has 28 heavy (non-hydrogen) atoms. The topological polar surface area (TPSA) is 83.1 Å². The van der Waals surface area contributed by atoms with Crippen LogP contribution in [0.5, 0.6) is 17.2 Å². The van der Waals surface area contributed by atoms with Gasteiger partial charge >= 0.3 is 5.97 Å². The minimum absolute atomic E-state index is 0.109. The Morgan fingerprint density at radius 3 is 2.11 bits per heavy atom. The van der Waals surface area contributed by atoms with Crippen LogP contribution < -0.4 is 19.5 Å². The molecule has 0 bridgehead atoms. The molecule has 0 aliphatic rings. The van der Waals surface area contributed by atoms with E-state index in [0.29, 0.717) is 28.9 Å². The lowest BCUT2D eigenvalue weighted by molar-refractivity contribution is -0.124. The quantitative estimate of drug-likeness (QED) is 0.692. The van der Waals surface area contributed by atoms with Crippen LogP contribution in [0.15, 0.2) is 30.3 Å². The van der Waals surface area contributed by atoms with Crippen LogP contribution in [-0.2, 0) is 16.1 Å². The van der Waals surface area contributed by atoms with E-state index >= 15 is 0 Å². The Morgan fingerprint density at radius 1 is 0.929 bits per heavy atom. The molecule has 0 unspecified atom stereocenters. The summed E-state index contributed by atoms with van der Waals surface area (Å²) in [6.45, 7) is -0.472. The number of rotatable bonds is 8. The van der Waals surface area contributed by atoms with E-state index in [2.05, 4.69) is 5.32 Å². The number of benzene rings is 2. The van der Waals surface area contributed by atoms with E-state index < -0.39 is 30.1 Å². The number of carbonyl (C=O) groups excluding carboxylic acids is 2. The van der Waals surface area contributed by atoms with Crippen molar-refractivity contribution in [2.24, 2.45) is 0 Å². The Balaban J connectivity index is 1.93. The van der Waals surface area contributed by atoms with Gasteiger partial charge in [0, 0.05) is 6.54 Å². The predicted octanol–water partition coefficient (Wildman–Crippen LogP) is 2.46. The summed E-state index contributed by atoms with van der Waals surface area (Å²) in [4.78, 5) is 23.7. The summed E-state index contributed by atoms with van der Waals surface area (Å²) in [5, 5.41) is 2.56. The van der Waals surface area contributed by atoms with Gasteiger partial charge in [0.25, 0.3) is 5.91 Å². The average molecular weight is 395 g/mol. The van der Waals surface area contributed by atoms with Crippen LogP contribution in [-0.4, -0.2) is 39.8 Å². The molecule has 2 aromatic carbocycles. The lowest BCUT2D eigenvalue weighted by atomic mass is 10.1. The van der Waals surface area contributed by atoms with E-state index in [0.717, 1.165) is 12.1 Å². The van der Waals surface area contributed by atoms with E-state index in [-0.39, 0.29) is 12.1 Å². The standard InChI is InChI=1S/C19H19F2NO6/c1-25-15-6-11(7-16(26-2)18(15)27-3)9-22-17(23)10-28-19(24)12-4-5-13(20)14(21)8-12/h4-8H,9-10H2,1-3H3,(H,22,23). The smallest absolute Gasteiger partial charge is 0.338 e. The van der Waals surface area contributed by atoms with E-state index in [1.807, 2.05) is 0 Å². The Kier molecular flexibility index (Phi) is 7.14. The Bertz CT molecular complexity index is 846. The van der Waals surface area contributed by atoms with Crippen LogP contribution in [0, 0.1) is 11.6 Å². The maximum atomic E-state index is 13.1. The first-order chi connectivity index (χ1) is 13.4. The lowest BCUT2D eigenvalue weighted by Gasteiger charge is -2.14. The van der Waals surface area contributed by atoms with Crippen LogP contribution >= 0.6 is 0 Å². The first-order valence-electron chi connectivity index (χ1n) is 8.07. The Labute approximate surface area is 160 Å². The molecule has 0 atom stereocenters. The molecule has 1 N–H and O–H groups in total. The van der Waals surface area contributed by atoms with Crippen molar-refractivity contribution in [3.63, 3.8) is 0 Å². The fourth-order valence-corrected chi connectivity index (χ4v) is 2.33. The van der Waals surface area contributed by atoms with E-state index in [9.17, 15) is 18.4 Å². The maximum Gasteiger partial charge on any atom is 0.338 e. The van der Waals surface area contributed by atoms with Gasteiger partial charge in [0.1, 0.15) is 0 Å². The molecule has 2 aromatic rings. The van der Waals surface area contributed by atoms with Crippen molar-refractivity contribution in [1.82, 2.24) is 5.32 Å². The Morgan fingerprint density at radius 2 is 1.57 bits per heavy atom. The molecule has 0 aliphatic carbocycles. The van der Waals surface area contributed by atoms with Crippen LogP contribution in [0.2, 0.25) is 0 Å². The van der Waals surface area contributed by atoms with Crippen molar-refractivity contribution < 1.29 is 37.3 Å². The van der Waals surface area contributed by atoms with Crippen LogP contribution in [0.25, 0.3) is 0 Å². The third-order valence-corrected chi connectivity index (χ3v) is 3.70. The molecule has 0 saturated heterocycles. The number of hydrogen-bond acceptors (Lipinski definition) is 6. The molecule has 9 heteroatoms. The second kappa shape index (κ2) is 9.54. The van der Waals surface area contributed by atoms with Crippen molar-refractivity contribution in [2.45, 2.75) is 6.54 Å². The number of hydrogen-bond donors (Lipinski definition) is 1. The first-order valence-corrected chi connectivity index (χ1v) is 8.07. The molecule has 0 fully saturated rings. The van der Waals surface area contributed by atoms with Crippen LogP contribution in [0.1, 0.15) is 15.9 Å². The van der Waals surface area contributed by atoms with Crippen molar-refractivity contribution in [1.29, 1.82) is 0 Å². The van der Waals surface area contributed by atoms with Gasteiger partial charge in [-0.1, -0.05) is 0 Å². The highest BCUT2D eigenvalue weighted by Gasteiger charge is 2.15. The average Bonchev–Trinajstić information content (AvgIpc) is 2.71. The van der Waals surface area contributed by atoms with E-state index in [1.54, 1.807) is 12.1 Å². The summed E-state index contributed by atoms with van der Waals surface area (Å²) in [5.74, 6) is -2.51. The molecule has 1 amide bonds. The highest BCUT2D eigenvalue weighted by molar-refractivity contribution is 5.91. The molecule has 0 aliphatic heterocycles. The van der Waals surface area contributed by atoms with E-state index in [4.69, 9.17) is 18.9 Å². The number of esters is 1. The summed E-state index contributed by atoms with van der Waals surface area (Å²) in [5.41, 5.74) is 0.464. The zero-order chi connectivity index (χ0) is 20.7. The lowest BCUT2D eigenvalue weighted by Crippen LogP contribution is -2.28. The number of ether oxygens (including phenoxy) is 4. The number of halogens is 2. The van der Waals surface area contributed by atoms with Gasteiger partial charge in [-0.3, -0.25) is 4.79 Å². The summed E-state index contributed by atoms with van der Waals surface area (Å²) < 4.78 is 46.5. The minimum atomic E-state index is -1.18. The number of nitrogens with one attached hydrogen (secondary N) is 1. The largest absolute Gasteiger partial charge is 0.493 e. The molecule has 0 aromatic heterocycles. The fraction of sp³-hybridized carbons (Fsp3) is 0.263. The molecule has 0 heterocycles. The van der Waals surface area contributed by atoms with Gasteiger partial charge in [0.15, 0.2) is 29.7 Å². The molecular formula is C19H19F2NO6. The van der Waals surface area contributed by atoms with Gasteiger partial charge < -0.3 is 24.3 Å². The van der Waals surface area contributed by atoms with Gasteiger partial charge in [-0.2, -0.15) is 0 Å².